The fourth-order valence-corrected chi connectivity index (χ4v) is 8.47. The van der Waals surface area contributed by atoms with Crippen molar-refractivity contribution in [3.05, 3.63) is 33.9 Å². The molecule has 8 heteroatoms. The first-order chi connectivity index (χ1) is 18.4. The van der Waals surface area contributed by atoms with E-state index in [0.29, 0.717) is 36.8 Å². The molecule has 40 heavy (non-hydrogen) atoms. The van der Waals surface area contributed by atoms with Crippen LogP contribution >= 0.6 is 0 Å². The molecule has 0 saturated heterocycles. The molecule has 2 N–H and O–H groups in total. The second-order valence-electron chi connectivity index (χ2n) is 13.5. The zero-order valence-electron chi connectivity index (χ0n) is 24.9. The third-order valence-electron chi connectivity index (χ3n) is 11.1. The van der Waals surface area contributed by atoms with E-state index in [4.69, 9.17) is 4.74 Å². The summed E-state index contributed by atoms with van der Waals surface area (Å²) in [7, 11) is 0. The number of hydrogen-bond acceptors (Lipinski definition) is 7. The van der Waals surface area contributed by atoms with Crippen LogP contribution in [0.2, 0.25) is 0 Å². The van der Waals surface area contributed by atoms with Gasteiger partial charge in [-0.25, -0.2) is 4.79 Å². The Labute approximate surface area is 235 Å². The predicted octanol–water partition coefficient (Wildman–Crippen LogP) is 4.69. The second kappa shape index (κ2) is 9.61. The van der Waals surface area contributed by atoms with Gasteiger partial charge >= 0.3 is 11.9 Å². The molecule has 0 heterocycles. The largest absolute Gasteiger partial charge is 0.478 e. The Morgan fingerprint density at radius 2 is 1.65 bits per heavy atom. The minimum atomic E-state index is -1.38. The summed E-state index contributed by atoms with van der Waals surface area (Å²) in [5.74, 6) is -2.85. The van der Waals surface area contributed by atoms with Crippen LogP contribution in [-0.2, 0) is 28.7 Å². The van der Waals surface area contributed by atoms with Crippen molar-refractivity contribution in [2.24, 2.45) is 27.6 Å². The number of carboxylic acids is 1. The van der Waals surface area contributed by atoms with E-state index in [2.05, 4.69) is 0 Å². The summed E-state index contributed by atoms with van der Waals surface area (Å²) < 4.78 is 5.81. The molecule has 0 amide bonds. The molecule has 0 aromatic carbocycles. The Balaban J connectivity index is 1.96. The van der Waals surface area contributed by atoms with Gasteiger partial charge in [-0.2, -0.15) is 0 Å². The van der Waals surface area contributed by atoms with Gasteiger partial charge in [-0.1, -0.05) is 44.9 Å². The number of esters is 1. The van der Waals surface area contributed by atoms with Gasteiger partial charge in [0.25, 0.3) is 0 Å². The SMILES string of the molecule is CC(=O)O[C@@H]1C(=O)C2=C(C(=O)CC3C(C)(C)[C@@H](O)CC[C@]23C)[C@]2(C)C(=O)C/C(=C(/C)CC/C=C(\C)C(=O)O)[C@@]12C. The summed E-state index contributed by atoms with van der Waals surface area (Å²) in [6, 6.07) is 0. The van der Waals surface area contributed by atoms with E-state index >= 15 is 0 Å². The van der Waals surface area contributed by atoms with E-state index in [-0.39, 0.29) is 41.5 Å². The number of carboxylic acid groups (broad SMARTS) is 1. The summed E-state index contributed by atoms with van der Waals surface area (Å²) in [4.78, 5) is 66.4. The normalized spacial score (nSPS) is 38.5. The van der Waals surface area contributed by atoms with E-state index in [9.17, 15) is 34.2 Å². The summed E-state index contributed by atoms with van der Waals surface area (Å²) >= 11 is 0. The van der Waals surface area contributed by atoms with Gasteiger partial charge in [0.2, 0.25) is 5.78 Å². The van der Waals surface area contributed by atoms with Gasteiger partial charge in [0.15, 0.2) is 11.9 Å². The highest BCUT2D eigenvalue weighted by atomic mass is 16.5. The highest BCUT2D eigenvalue weighted by Gasteiger charge is 2.73. The molecular formula is C32H42O8. The maximum absolute atomic E-state index is 14.6. The third-order valence-corrected chi connectivity index (χ3v) is 11.1. The Bertz CT molecular complexity index is 1310. The molecule has 0 aromatic heterocycles. The summed E-state index contributed by atoms with van der Waals surface area (Å²) in [5, 5.41) is 20.0. The molecule has 0 radical (unpaired) electrons. The molecule has 0 bridgehead atoms. The number of aliphatic carboxylic acids is 1. The van der Waals surface area contributed by atoms with Gasteiger partial charge < -0.3 is 14.9 Å². The van der Waals surface area contributed by atoms with Gasteiger partial charge in [-0.3, -0.25) is 19.2 Å². The number of carbonyl (C=O) groups excluding carboxylic acids is 4. The van der Waals surface area contributed by atoms with Crippen molar-refractivity contribution in [3.63, 3.8) is 0 Å². The lowest BCUT2D eigenvalue weighted by Crippen LogP contribution is -2.64. The number of allylic oxidation sites excluding steroid dienone is 3. The minimum absolute atomic E-state index is 0.0138. The lowest BCUT2D eigenvalue weighted by molar-refractivity contribution is -0.168. The number of ether oxygens (including phenoxy) is 1. The smallest absolute Gasteiger partial charge is 0.330 e. The van der Waals surface area contributed by atoms with Gasteiger partial charge in [0, 0.05) is 41.9 Å². The average molecular weight is 555 g/mol. The van der Waals surface area contributed by atoms with Crippen LogP contribution in [0.4, 0.5) is 0 Å². The maximum Gasteiger partial charge on any atom is 0.330 e. The Morgan fingerprint density at radius 1 is 1.02 bits per heavy atom. The lowest BCUT2D eigenvalue weighted by Gasteiger charge is -2.60. The van der Waals surface area contributed by atoms with E-state index in [1.54, 1.807) is 19.9 Å². The summed E-state index contributed by atoms with van der Waals surface area (Å²) in [6.07, 6.45) is 1.63. The Hall–Kier alpha value is -2.87. The van der Waals surface area contributed by atoms with E-state index < -0.39 is 51.6 Å². The van der Waals surface area contributed by atoms with E-state index in [1.807, 2.05) is 27.7 Å². The van der Waals surface area contributed by atoms with Gasteiger partial charge in [-0.05, 0) is 57.8 Å². The van der Waals surface area contributed by atoms with Crippen molar-refractivity contribution in [2.75, 3.05) is 0 Å². The summed E-state index contributed by atoms with van der Waals surface area (Å²) in [5.41, 5.74) is -1.81. The van der Waals surface area contributed by atoms with Gasteiger partial charge in [0.05, 0.1) is 16.9 Å². The fraction of sp³-hybridized carbons (Fsp3) is 0.656. The van der Waals surface area contributed by atoms with Crippen molar-refractivity contribution in [2.45, 2.75) is 106 Å². The number of aliphatic hydroxyl groups is 1. The minimum Gasteiger partial charge on any atom is -0.478 e. The molecule has 1 unspecified atom stereocenters. The number of ketones is 3. The zero-order valence-corrected chi connectivity index (χ0v) is 24.9. The van der Waals surface area contributed by atoms with Crippen LogP contribution < -0.4 is 0 Å². The van der Waals surface area contributed by atoms with Crippen molar-refractivity contribution < 1.29 is 38.9 Å². The highest BCUT2D eigenvalue weighted by Crippen LogP contribution is 2.69. The molecule has 8 nitrogen and oxygen atoms in total. The zero-order chi connectivity index (χ0) is 30.2. The molecule has 2 saturated carbocycles. The average Bonchev–Trinajstić information content (AvgIpc) is 3.07. The van der Waals surface area contributed by atoms with Crippen LogP contribution in [0, 0.1) is 27.6 Å². The lowest BCUT2D eigenvalue weighted by atomic mass is 9.42. The Morgan fingerprint density at radius 3 is 2.23 bits per heavy atom. The standard InChI is InChI=1S/C32H42O8/c1-16(10-9-11-17(2)28(38)39)19-14-23(36)32(8)24-20(34)15-21-29(4,5)22(35)12-13-30(21,6)25(24)26(37)27(31(19,32)7)40-18(3)33/h11,21-22,27,35H,9-10,12-15H2,1-8H3,(H,38,39)/b17-11+,19-16+/t21?,22-,27+,30-,31-,32-/m0/s1. The number of fused-ring (bicyclic) bond motifs is 4. The van der Waals surface area contributed by atoms with Gasteiger partial charge in [-0.15, -0.1) is 0 Å². The van der Waals surface area contributed by atoms with Crippen LogP contribution in [0.1, 0.15) is 93.9 Å². The predicted molar refractivity (Wildman–Crippen MR) is 147 cm³/mol. The quantitative estimate of drug-likeness (QED) is 0.284. The van der Waals surface area contributed by atoms with E-state index in [0.717, 1.165) is 5.57 Å². The second-order valence-corrected chi connectivity index (χ2v) is 13.5. The molecule has 4 aliphatic carbocycles. The van der Waals surface area contributed by atoms with Crippen LogP contribution in [0.3, 0.4) is 0 Å². The van der Waals surface area contributed by atoms with Crippen molar-refractivity contribution >= 4 is 29.3 Å². The van der Waals surface area contributed by atoms with Crippen LogP contribution in [-0.4, -0.2) is 51.7 Å². The molecule has 4 aliphatic rings. The molecule has 6 atom stereocenters. The monoisotopic (exact) mass is 554 g/mol. The first-order valence-corrected chi connectivity index (χ1v) is 14.2. The molecule has 2 fully saturated rings. The molecular weight excluding hydrogens is 512 g/mol. The molecule has 218 valence electrons. The maximum atomic E-state index is 14.6. The number of rotatable bonds is 5. The van der Waals surface area contributed by atoms with Crippen LogP contribution in [0.15, 0.2) is 33.9 Å². The van der Waals surface area contributed by atoms with E-state index in [1.165, 1.54) is 13.8 Å². The third kappa shape index (κ3) is 3.92. The molecule has 0 spiro atoms. The molecule has 0 aromatic rings. The molecule has 0 aliphatic heterocycles. The van der Waals surface area contributed by atoms with Crippen molar-refractivity contribution in [1.82, 2.24) is 0 Å². The van der Waals surface area contributed by atoms with Crippen LogP contribution in [0.5, 0.6) is 0 Å². The number of hydrogen-bond donors (Lipinski definition) is 2. The summed E-state index contributed by atoms with van der Waals surface area (Å²) in [6.45, 7) is 13.9. The topological polar surface area (TPSA) is 135 Å². The van der Waals surface area contributed by atoms with Crippen molar-refractivity contribution in [3.8, 4) is 0 Å². The highest BCUT2D eigenvalue weighted by molar-refractivity contribution is 6.19. The van der Waals surface area contributed by atoms with Crippen LogP contribution in [0.25, 0.3) is 0 Å². The van der Waals surface area contributed by atoms with Gasteiger partial charge in [0.1, 0.15) is 5.78 Å². The molecule has 4 rings (SSSR count). The first kappa shape index (κ1) is 30.1. The van der Waals surface area contributed by atoms with Crippen molar-refractivity contribution in [1.29, 1.82) is 0 Å². The number of carbonyl (C=O) groups is 5. The number of aliphatic hydroxyl groups excluding tert-OH is 1. The Kier molecular flexibility index (Phi) is 7.23. The fourth-order valence-electron chi connectivity index (χ4n) is 8.47. The first-order valence-electron chi connectivity index (χ1n) is 14.2. The number of Topliss-reactive ketones (excluding diaryl/α,β-unsaturated/α-hetero) is 3.